The maximum Gasteiger partial charge on any atom is 0.272 e. The summed E-state index contributed by atoms with van der Waals surface area (Å²) in [6.07, 6.45) is 0. The summed E-state index contributed by atoms with van der Waals surface area (Å²) in [4.78, 5) is 16.0. The van der Waals surface area contributed by atoms with E-state index in [0.717, 1.165) is 16.8 Å². The molecule has 0 aliphatic heterocycles. The van der Waals surface area contributed by atoms with Gasteiger partial charge in [-0.05, 0) is 26.3 Å². The lowest BCUT2D eigenvalue weighted by Gasteiger charge is -2.14. The lowest BCUT2D eigenvalue weighted by atomic mass is 10.1. The summed E-state index contributed by atoms with van der Waals surface area (Å²) in [5.74, 6) is 0. The minimum Gasteiger partial charge on any atom is -0.305 e. The summed E-state index contributed by atoms with van der Waals surface area (Å²) >= 11 is 1.62. The first-order chi connectivity index (χ1) is 9.50. The number of nitro groups is 1. The molecule has 0 amide bonds. The third kappa shape index (κ3) is 3.02. The second-order valence-corrected chi connectivity index (χ2v) is 5.61. The second kappa shape index (κ2) is 6.11. The Hall–Kier alpha value is -1.79. The Balaban J connectivity index is 2.10. The Morgan fingerprint density at radius 1 is 1.45 bits per heavy atom. The molecule has 0 fully saturated rings. The molecule has 0 saturated heterocycles. The number of nitro benzene ring substituents is 1. The average molecular weight is 291 g/mol. The summed E-state index contributed by atoms with van der Waals surface area (Å²) < 4.78 is 0. The van der Waals surface area contributed by atoms with Crippen molar-refractivity contribution in [2.24, 2.45) is 0 Å². The van der Waals surface area contributed by atoms with Gasteiger partial charge in [-0.1, -0.05) is 12.1 Å². The van der Waals surface area contributed by atoms with Gasteiger partial charge in [0.1, 0.15) is 0 Å². The summed E-state index contributed by atoms with van der Waals surface area (Å²) in [7, 11) is 0. The Labute approximate surface area is 121 Å². The number of hydrogen-bond acceptors (Lipinski definition) is 5. The lowest BCUT2D eigenvalue weighted by Crippen LogP contribution is -2.18. The number of nitrogens with one attached hydrogen (secondary N) is 1. The predicted molar refractivity (Wildman–Crippen MR) is 79.9 cm³/mol. The van der Waals surface area contributed by atoms with Gasteiger partial charge in [-0.3, -0.25) is 10.1 Å². The number of aromatic nitrogens is 1. The third-order valence-electron chi connectivity index (χ3n) is 3.39. The molecule has 5 nitrogen and oxygen atoms in total. The van der Waals surface area contributed by atoms with Crippen LogP contribution in [0.2, 0.25) is 0 Å². The standard InChI is InChI=1S/C14H17N3O2S/c1-9-12(5-4-6-13(9)17(18)19)7-15-10(2)14-11(3)16-8-20-14/h4-6,8,10,15H,7H2,1-3H3. The quantitative estimate of drug-likeness (QED) is 0.676. The largest absolute Gasteiger partial charge is 0.305 e. The number of benzene rings is 1. The van der Waals surface area contributed by atoms with Crippen LogP contribution in [0.5, 0.6) is 0 Å². The zero-order valence-electron chi connectivity index (χ0n) is 11.7. The van der Waals surface area contributed by atoms with E-state index in [4.69, 9.17) is 0 Å². The first kappa shape index (κ1) is 14.6. The van der Waals surface area contributed by atoms with Crippen LogP contribution in [0.25, 0.3) is 0 Å². The second-order valence-electron chi connectivity index (χ2n) is 4.72. The van der Waals surface area contributed by atoms with Crippen molar-refractivity contribution >= 4 is 17.0 Å². The summed E-state index contributed by atoms with van der Waals surface area (Å²) in [6.45, 7) is 6.46. The molecule has 2 rings (SSSR count). The fourth-order valence-corrected chi connectivity index (χ4v) is 2.98. The summed E-state index contributed by atoms with van der Waals surface area (Å²) in [5, 5.41) is 14.3. The smallest absolute Gasteiger partial charge is 0.272 e. The highest BCUT2D eigenvalue weighted by molar-refractivity contribution is 7.09. The molecule has 0 aliphatic rings. The topological polar surface area (TPSA) is 68.1 Å². The molecule has 1 aromatic carbocycles. The van der Waals surface area contributed by atoms with E-state index in [2.05, 4.69) is 17.2 Å². The summed E-state index contributed by atoms with van der Waals surface area (Å²) in [6, 6.07) is 5.36. The van der Waals surface area contributed by atoms with Gasteiger partial charge in [0.05, 0.1) is 16.1 Å². The van der Waals surface area contributed by atoms with Gasteiger partial charge in [-0.2, -0.15) is 0 Å². The number of nitrogens with zero attached hydrogens (tertiary/aromatic N) is 2. The van der Waals surface area contributed by atoms with Crippen molar-refractivity contribution in [2.75, 3.05) is 0 Å². The van der Waals surface area contributed by atoms with Crippen LogP contribution < -0.4 is 5.32 Å². The van der Waals surface area contributed by atoms with E-state index in [-0.39, 0.29) is 16.7 Å². The summed E-state index contributed by atoms with van der Waals surface area (Å²) in [5.41, 5.74) is 4.71. The van der Waals surface area contributed by atoms with E-state index in [1.54, 1.807) is 24.3 Å². The van der Waals surface area contributed by atoms with E-state index < -0.39 is 0 Å². The van der Waals surface area contributed by atoms with E-state index in [0.29, 0.717) is 6.54 Å². The zero-order chi connectivity index (χ0) is 14.7. The van der Waals surface area contributed by atoms with Crippen molar-refractivity contribution in [3.05, 3.63) is 55.5 Å². The number of hydrogen-bond donors (Lipinski definition) is 1. The molecule has 0 spiro atoms. The van der Waals surface area contributed by atoms with Crippen LogP contribution in [0.3, 0.4) is 0 Å². The average Bonchev–Trinajstić information content (AvgIpc) is 2.83. The van der Waals surface area contributed by atoms with Crippen LogP contribution in [-0.2, 0) is 6.54 Å². The molecule has 6 heteroatoms. The molecular weight excluding hydrogens is 274 g/mol. The molecule has 1 heterocycles. The normalized spacial score (nSPS) is 12.3. The molecule has 2 aromatic rings. The fourth-order valence-electron chi connectivity index (χ4n) is 2.14. The van der Waals surface area contributed by atoms with Crippen LogP contribution >= 0.6 is 11.3 Å². The predicted octanol–water partition coefficient (Wildman–Crippen LogP) is 3.52. The molecule has 1 aromatic heterocycles. The van der Waals surface area contributed by atoms with Crippen molar-refractivity contribution in [3.8, 4) is 0 Å². The molecule has 0 radical (unpaired) electrons. The molecule has 1 N–H and O–H groups in total. The van der Waals surface area contributed by atoms with E-state index in [1.807, 2.05) is 18.5 Å². The molecule has 1 atom stereocenters. The maximum atomic E-state index is 10.9. The number of thiazole rings is 1. The molecular formula is C14H17N3O2S. The van der Waals surface area contributed by atoms with Crippen LogP contribution in [0.15, 0.2) is 23.7 Å². The van der Waals surface area contributed by atoms with Gasteiger partial charge in [-0.15, -0.1) is 11.3 Å². The Morgan fingerprint density at radius 2 is 2.20 bits per heavy atom. The molecule has 1 unspecified atom stereocenters. The van der Waals surface area contributed by atoms with Gasteiger partial charge in [0.2, 0.25) is 0 Å². The van der Waals surface area contributed by atoms with Crippen LogP contribution in [0.1, 0.15) is 34.7 Å². The SMILES string of the molecule is Cc1ncsc1C(C)NCc1cccc([N+](=O)[O-])c1C. The van der Waals surface area contributed by atoms with Gasteiger partial charge in [0, 0.05) is 29.1 Å². The minimum absolute atomic E-state index is 0.172. The monoisotopic (exact) mass is 291 g/mol. The molecule has 106 valence electrons. The van der Waals surface area contributed by atoms with Crippen molar-refractivity contribution in [2.45, 2.75) is 33.4 Å². The van der Waals surface area contributed by atoms with Crippen molar-refractivity contribution in [3.63, 3.8) is 0 Å². The highest BCUT2D eigenvalue weighted by Gasteiger charge is 2.15. The Bertz CT molecular complexity index is 625. The van der Waals surface area contributed by atoms with E-state index in [1.165, 1.54) is 10.9 Å². The number of rotatable bonds is 5. The minimum atomic E-state index is -0.338. The fraction of sp³-hybridized carbons (Fsp3) is 0.357. The van der Waals surface area contributed by atoms with Crippen molar-refractivity contribution in [1.82, 2.24) is 10.3 Å². The first-order valence-corrected chi connectivity index (χ1v) is 7.25. The Kier molecular flexibility index (Phi) is 4.46. The molecule has 0 saturated carbocycles. The van der Waals surface area contributed by atoms with Gasteiger partial charge in [-0.25, -0.2) is 4.98 Å². The van der Waals surface area contributed by atoms with Crippen LogP contribution in [0.4, 0.5) is 5.69 Å². The molecule has 0 aliphatic carbocycles. The van der Waals surface area contributed by atoms with Crippen molar-refractivity contribution in [1.29, 1.82) is 0 Å². The first-order valence-electron chi connectivity index (χ1n) is 6.37. The molecule has 20 heavy (non-hydrogen) atoms. The number of aryl methyl sites for hydroxylation is 1. The van der Waals surface area contributed by atoms with E-state index in [9.17, 15) is 10.1 Å². The van der Waals surface area contributed by atoms with E-state index >= 15 is 0 Å². The Morgan fingerprint density at radius 3 is 2.80 bits per heavy atom. The maximum absolute atomic E-state index is 10.9. The highest BCUT2D eigenvalue weighted by atomic mass is 32.1. The van der Waals surface area contributed by atoms with Gasteiger partial charge >= 0.3 is 0 Å². The molecule has 0 bridgehead atoms. The zero-order valence-corrected chi connectivity index (χ0v) is 12.5. The van der Waals surface area contributed by atoms with Gasteiger partial charge in [0.15, 0.2) is 0 Å². The lowest BCUT2D eigenvalue weighted by molar-refractivity contribution is -0.385. The highest BCUT2D eigenvalue weighted by Crippen LogP contribution is 2.24. The van der Waals surface area contributed by atoms with Gasteiger partial charge < -0.3 is 5.32 Å². The van der Waals surface area contributed by atoms with Crippen molar-refractivity contribution < 1.29 is 4.92 Å². The van der Waals surface area contributed by atoms with Gasteiger partial charge in [0.25, 0.3) is 5.69 Å². The third-order valence-corrected chi connectivity index (χ3v) is 4.50. The van der Waals surface area contributed by atoms with Crippen LogP contribution in [-0.4, -0.2) is 9.91 Å². The van der Waals surface area contributed by atoms with Crippen LogP contribution in [0, 0.1) is 24.0 Å².